The molecule has 0 N–H and O–H groups in total. The number of carbonyl (C=O) groups is 1. The van der Waals surface area contributed by atoms with E-state index < -0.39 is 0 Å². The first-order valence-electron chi connectivity index (χ1n) is 8.66. The predicted octanol–water partition coefficient (Wildman–Crippen LogP) is 4.23. The van der Waals surface area contributed by atoms with Crippen LogP contribution in [0.25, 0.3) is 11.1 Å². The largest absolute Gasteiger partial charge is 0.497 e. The van der Waals surface area contributed by atoms with E-state index in [4.69, 9.17) is 9.47 Å². The van der Waals surface area contributed by atoms with Crippen LogP contribution in [0.15, 0.2) is 36.4 Å². The SMILES string of the molecule is CCN(CC)C(=O)COc1cc(OC)cc(-c2c(C)cccc2C)c1. The Labute approximate surface area is 150 Å². The Morgan fingerprint density at radius 2 is 1.60 bits per heavy atom. The van der Waals surface area contributed by atoms with E-state index in [2.05, 4.69) is 32.0 Å². The molecule has 0 aromatic heterocycles. The van der Waals surface area contributed by atoms with Gasteiger partial charge in [0.15, 0.2) is 6.61 Å². The van der Waals surface area contributed by atoms with Gasteiger partial charge in [-0.1, -0.05) is 18.2 Å². The number of benzene rings is 2. The Morgan fingerprint density at radius 3 is 2.16 bits per heavy atom. The van der Waals surface area contributed by atoms with Crippen LogP contribution < -0.4 is 9.47 Å². The zero-order valence-electron chi connectivity index (χ0n) is 15.8. The number of hydrogen-bond donors (Lipinski definition) is 0. The maximum atomic E-state index is 12.2. The van der Waals surface area contributed by atoms with Crippen molar-refractivity contribution in [1.82, 2.24) is 4.90 Å². The van der Waals surface area contributed by atoms with Crippen LogP contribution in [0, 0.1) is 13.8 Å². The topological polar surface area (TPSA) is 38.8 Å². The lowest BCUT2D eigenvalue weighted by Crippen LogP contribution is -2.34. The van der Waals surface area contributed by atoms with Crippen LogP contribution in [0.2, 0.25) is 0 Å². The van der Waals surface area contributed by atoms with Crippen molar-refractivity contribution in [3.63, 3.8) is 0 Å². The molecule has 0 saturated heterocycles. The second-order valence-corrected chi connectivity index (χ2v) is 6.02. The lowest BCUT2D eigenvalue weighted by atomic mass is 9.95. The van der Waals surface area contributed by atoms with Gasteiger partial charge in [0.25, 0.3) is 5.91 Å². The molecule has 1 amide bonds. The third kappa shape index (κ3) is 4.53. The van der Waals surface area contributed by atoms with Gasteiger partial charge in [0.2, 0.25) is 0 Å². The second-order valence-electron chi connectivity index (χ2n) is 6.02. The van der Waals surface area contributed by atoms with Gasteiger partial charge in [0.1, 0.15) is 11.5 Å². The van der Waals surface area contributed by atoms with Gasteiger partial charge in [-0.2, -0.15) is 0 Å². The Hall–Kier alpha value is -2.49. The van der Waals surface area contributed by atoms with Crippen molar-refractivity contribution < 1.29 is 14.3 Å². The number of ether oxygens (including phenoxy) is 2. The highest BCUT2D eigenvalue weighted by molar-refractivity contribution is 5.78. The monoisotopic (exact) mass is 341 g/mol. The zero-order chi connectivity index (χ0) is 18.4. The fraction of sp³-hybridized carbons (Fsp3) is 0.381. The van der Waals surface area contributed by atoms with Crippen LogP contribution >= 0.6 is 0 Å². The van der Waals surface area contributed by atoms with Gasteiger partial charge in [-0.25, -0.2) is 0 Å². The van der Waals surface area contributed by atoms with E-state index in [1.165, 1.54) is 16.7 Å². The number of methoxy groups -OCH3 is 1. The van der Waals surface area contributed by atoms with Crippen LogP contribution in [0.1, 0.15) is 25.0 Å². The summed E-state index contributed by atoms with van der Waals surface area (Å²) in [4.78, 5) is 13.9. The summed E-state index contributed by atoms with van der Waals surface area (Å²) in [6.07, 6.45) is 0. The Morgan fingerprint density at radius 1 is 1.00 bits per heavy atom. The fourth-order valence-corrected chi connectivity index (χ4v) is 3.00. The molecule has 0 radical (unpaired) electrons. The molecule has 0 spiro atoms. The number of nitrogens with zero attached hydrogens (tertiary/aromatic N) is 1. The molecule has 2 rings (SSSR count). The second kappa shape index (κ2) is 8.56. The first kappa shape index (κ1) is 18.8. The molecule has 2 aromatic rings. The first-order chi connectivity index (χ1) is 12.0. The summed E-state index contributed by atoms with van der Waals surface area (Å²) in [5, 5.41) is 0. The van der Waals surface area contributed by atoms with Gasteiger partial charge in [0, 0.05) is 19.2 Å². The molecule has 0 bridgehead atoms. The summed E-state index contributed by atoms with van der Waals surface area (Å²) in [6, 6.07) is 12.0. The predicted molar refractivity (Wildman–Crippen MR) is 101 cm³/mol. The van der Waals surface area contributed by atoms with E-state index in [-0.39, 0.29) is 12.5 Å². The number of likely N-dealkylation sites (N-methyl/N-ethyl adjacent to an activating group) is 1. The van der Waals surface area contributed by atoms with Gasteiger partial charge in [0.05, 0.1) is 7.11 Å². The van der Waals surface area contributed by atoms with Crippen LogP contribution in [0.4, 0.5) is 0 Å². The van der Waals surface area contributed by atoms with Crippen LogP contribution in [0.3, 0.4) is 0 Å². The lowest BCUT2D eigenvalue weighted by molar-refractivity contribution is -0.132. The average Bonchev–Trinajstić information content (AvgIpc) is 2.60. The minimum absolute atomic E-state index is 0.0126. The third-order valence-corrected chi connectivity index (χ3v) is 4.36. The molecular formula is C21H27NO3. The van der Waals surface area contributed by atoms with Crippen LogP contribution in [-0.4, -0.2) is 37.6 Å². The number of amides is 1. The van der Waals surface area contributed by atoms with Crippen molar-refractivity contribution in [2.75, 3.05) is 26.8 Å². The van der Waals surface area contributed by atoms with Crippen molar-refractivity contribution in [1.29, 1.82) is 0 Å². The maximum absolute atomic E-state index is 12.2. The van der Waals surface area contributed by atoms with Crippen molar-refractivity contribution in [2.24, 2.45) is 0 Å². The molecule has 0 aliphatic rings. The van der Waals surface area contributed by atoms with Crippen LogP contribution in [-0.2, 0) is 4.79 Å². The highest BCUT2D eigenvalue weighted by Gasteiger charge is 2.13. The summed E-state index contributed by atoms with van der Waals surface area (Å²) in [5.41, 5.74) is 4.58. The zero-order valence-corrected chi connectivity index (χ0v) is 15.8. The molecule has 2 aromatic carbocycles. The highest BCUT2D eigenvalue weighted by atomic mass is 16.5. The van der Waals surface area contributed by atoms with Crippen molar-refractivity contribution in [2.45, 2.75) is 27.7 Å². The van der Waals surface area contributed by atoms with E-state index in [1.807, 2.05) is 32.0 Å². The Kier molecular flexibility index (Phi) is 6.45. The molecular weight excluding hydrogens is 314 g/mol. The normalized spacial score (nSPS) is 10.4. The first-order valence-corrected chi connectivity index (χ1v) is 8.66. The summed E-state index contributed by atoms with van der Waals surface area (Å²) in [7, 11) is 1.63. The molecule has 0 unspecified atom stereocenters. The molecule has 0 fully saturated rings. The maximum Gasteiger partial charge on any atom is 0.260 e. The van der Waals surface area contributed by atoms with E-state index in [0.717, 1.165) is 5.56 Å². The number of hydrogen-bond acceptors (Lipinski definition) is 3. The van der Waals surface area contributed by atoms with Gasteiger partial charge in [-0.05, 0) is 62.1 Å². The molecule has 0 aliphatic carbocycles. The van der Waals surface area contributed by atoms with E-state index in [9.17, 15) is 4.79 Å². The summed E-state index contributed by atoms with van der Waals surface area (Å²) in [6.45, 7) is 9.51. The molecule has 0 aliphatic heterocycles. The number of rotatable bonds is 7. The van der Waals surface area contributed by atoms with Crippen LogP contribution in [0.5, 0.6) is 11.5 Å². The highest BCUT2D eigenvalue weighted by Crippen LogP contribution is 2.33. The fourth-order valence-electron chi connectivity index (χ4n) is 3.00. The van der Waals surface area contributed by atoms with E-state index in [0.29, 0.717) is 24.6 Å². The smallest absolute Gasteiger partial charge is 0.260 e. The minimum Gasteiger partial charge on any atom is -0.497 e. The molecule has 0 heterocycles. The number of aryl methyl sites for hydroxylation is 2. The quantitative estimate of drug-likeness (QED) is 0.756. The summed E-state index contributed by atoms with van der Waals surface area (Å²) >= 11 is 0. The van der Waals surface area contributed by atoms with E-state index in [1.54, 1.807) is 12.0 Å². The van der Waals surface area contributed by atoms with Gasteiger partial charge >= 0.3 is 0 Å². The Bertz CT molecular complexity index is 716. The van der Waals surface area contributed by atoms with Crippen molar-refractivity contribution in [3.8, 4) is 22.6 Å². The minimum atomic E-state index is -0.0126. The lowest BCUT2D eigenvalue weighted by Gasteiger charge is -2.19. The van der Waals surface area contributed by atoms with Crippen molar-refractivity contribution >= 4 is 5.91 Å². The van der Waals surface area contributed by atoms with E-state index >= 15 is 0 Å². The molecule has 4 heteroatoms. The summed E-state index contributed by atoms with van der Waals surface area (Å²) in [5.74, 6) is 1.34. The molecule has 0 atom stereocenters. The summed E-state index contributed by atoms with van der Waals surface area (Å²) < 4.78 is 11.2. The average molecular weight is 341 g/mol. The van der Waals surface area contributed by atoms with Gasteiger partial charge in [-0.3, -0.25) is 4.79 Å². The van der Waals surface area contributed by atoms with Gasteiger partial charge < -0.3 is 14.4 Å². The molecule has 0 saturated carbocycles. The third-order valence-electron chi connectivity index (χ3n) is 4.36. The standard InChI is InChI=1S/C21H27NO3/c1-6-22(7-2)20(23)14-25-19-12-17(11-18(13-19)24-5)21-15(3)9-8-10-16(21)4/h8-13H,6-7,14H2,1-5H3. The molecule has 134 valence electrons. The molecule has 4 nitrogen and oxygen atoms in total. The number of carbonyl (C=O) groups excluding carboxylic acids is 1. The van der Waals surface area contributed by atoms with Crippen molar-refractivity contribution in [3.05, 3.63) is 47.5 Å². The van der Waals surface area contributed by atoms with Gasteiger partial charge in [-0.15, -0.1) is 0 Å². The Balaban J connectivity index is 2.30. The molecule has 25 heavy (non-hydrogen) atoms.